The molecular formula is C16H25N2O+. The van der Waals surface area contributed by atoms with Crippen LogP contribution in [0.3, 0.4) is 0 Å². The van der Waals surface area contributed by atoms with Gasteiger partial charge in [0.15, 0.2) is 0 Å². The van der Waals surface area contributed by atoms with Gasteiger partial charge < -0.3 is 10.4 Å². The number of piperidine rings is 1. The number of quaternary nitrogens is 1. The Morgan fingerprint density at radius 2 is 1.74 bits per heavy atom. The van der Waals surface area contributed by atoms with E-state index in [-0.39, 0.29) is 11.1 Å². The maximum Gasteiger partial charge on any atom is 0.124 e. The summed E-state index contributed by atoms with van der Waals surface area (Å²) in [5, 5.41) is 12.2. The molecule has 0 aromatic heterocycles. The number of hydrogen-bond donors (Lipinski definition) is 2. The van der Waals surface area contributed by atoms with Crippen molar-refractivity contribution in [3.05, 3.63) is 29.8 Å². The molecule has 1 aromatic rings. The third kappa shape index (κ3) is 3.80. The summed E-state index contributed by atoms with van der Waals surface area (Å²) >= 11 is 0. The van der Waals surface area contributed by atoms with Crippen LogP contribution in [-0.4, -0.2) is 28.4 Å². The number of aromatic hydroxyl groups is 1. The zero-order valence-electron chi connectivity index (χ0n) is 12.4. The number of para-hydroxylation sites is 1. The summed E-state index contributed by atoms with van der Waals surface area (Å²) in [7, 11) is 0. The summed E-state index contributed by atoms with van der Waals surface area (Å²) in [4.78, 5) is 4.70. The smallest absolute Gasteiger partial charge is 0.124 e. The van der Waals surface area contributed by atoms with E-state index in [9.17, 15) is 5.11 Å². The molecule has 0 spiro atoms. The first-order valence-electron chi connectivity index (χ1n) is 6.96. The molecule has 3 heteroatoms. The molecule has 0 saturated carbocycles. The lowest BCUT2D eigenvalue weighted by molar-refractivity contribution is -0.787. The van der Waals surface area contributed by atoms with Gasteiger partial charge >= 0.3 is 0 Å². The second kappa shape index (κ2) is 4.97. The largest absolute Gasteiger partial charge is 0.507 e. The monoisotopic (exact) mass is 261 g/mol. The molecule has 1 saturated heterocycles. The predicted molar refractivity (Wildman–Crippen MR) is 78.8 cm³/mol. The molecule has 1 aliphatic rings. The minimum absolute atomic E-state index is 0.225. The molecule has 0 bridgehead atoms. The van der Waals surface area contributed by atoms with Crippen molar-refractivity contribution in [3.63, 3.8) is 0 Å². The first kappa shape index (κ1) is 14.1. The quantitative estimate of drug-likeness (QED) is 0.787. The molecule has 0 amide bonds. The van der Waals surface area contributed by atoms with Gasteiger partial charge in [0, 0.05) is 24.6 Å². The minimum Gasteiger partial charge on any atom is -0.507 e. The zero-order chi connectivity index (χ0) is 14.1. The third-order valence-electron chi connectivity index (χ3n) is 3.67. The van der Waals surface area contributed by atoms with E-state index < -0.39 is 0 Å². The summed E-state index contributed by atoms with van der Waals surface area (Å²) in [6.07, 6.45) is 3.96. The van der Waals surface area contributed by atoms with E-state index in [1.807, 2.05) is 24.4 Å². The van der Waals surface area contributed by atoms with Crippen molar-refractivity contribution < 1.29 is 10.4 Å². The van der Waals surface area contributed by atoms with E-state index in [4.69, 9.17) is 4.99 Å². The van der Waals surface area contributed by atoms with Crippen molar-refractivity contribution in [1.29, 1.82) is 0 Å². The van der Waals surface area contributed by atoms with E-state index in [1.54, 1.807) is 6.07 Å². The van der Waals surface area contributed by atoms with Crippen LogP contribution in [0.1, 0.15) is 46.1 Å². The van der Waals surface area contributed by atoms with Crippen LogP contribution in [0, 0.1) is 0 Å². The average molecular weight is 261 g/mol. The molecule has 1 aromatic carbocycles. The van der Waals surface area contributed by atoms with E-state index in [2.05, 4.69) is 33.0 Å². The molecule has 2 rings (SSSR count). The van der Waals surface area contributed by atoms with Gasteiger partial charge in [0.1, 0.15) is 5.75 Å². The maximum absolute atomic E-state index is 9.75. The number of aliphatic imine (C=N–C) groups is 1. The van der Waals surface area contributed by atoms with Gasteiger partial charge in [0.2, 0.25) is 0 Å². The standard InChI is InChI=1S/C16H24N2O/c1-15(2)9-13(10-16(3,4)18-15)17-11-12-7-5-6-8-14(12)19/h5-8,11,13,18-19H,9-10H2,1-4H3/p+1. The Bertz CT molecular complexity index is 461. The lowest BCUT2D eigenvalue weighted by atomic mass is 9.80. The molecular weight excluding hydrogens is 236 g/mol. The molecule has 1 aliphatic heterocycles. The van der Waals surface area contributed by atoms with Crippen LogP contribution in [-0.2, 0) is 0 Å². The highest BCUT2D eigenvalue weighted by molar-refractivity contribution is 5.83. The molecule has 0 aliphatic carbocycles. The highest BCUT2D eigenvalue weighted by atomic mass is 16.3. The fourth-order valence-electron chi connectivity index (χ4n) is 3.35. The molecule has 3 N–H and O–H groups in total. The minimum atomic E-state index is 0.225. The topological polar surface area (TPSA) is 49.2 Å². The molecule has 0 radical (unpaired) electrons. The summed E-state index contributed by atoms with van der Waals surface area (Å²) < 4.78 is 0. The fourth-order valence-corrected chi connectivity index (χ4v) is 3.35. The molecule has 19 heavy (non-hydrogen) atoms. The van der Waals surface area contributed by atoms with Crippen molar-refractivity contribution in [3.8, 4) is 5.75 Å². The zero-order valence-corrected chi connectivity index (χ0v) is 12.4. The van der Waals surface area contributed by atoms with Crippen molar-refractivity contribution in [2.45, 2.75) is 57.7 Å². The van der Waals surface area contributed by atoms with Gasteiger partial charge in [-0.25, -0.2) is 0 Å². The highest BCUT2D eigenvalue weighted by Gasteiger charge is 2.41. The summed E-state index contributed by atoms with van der Waals surface area (Å²) in [5.74, 6) is 0.298. The van der Waals surface area contributed by atoms with E-state index in [0.29, 0.717) is 11.8 Å². The Balaban J connectivity index is 2.13. The molecule has 0 atom stereocenters. The number of rotatable bonds is 2. The average Bonchev–Trinajstić information content (AvgIpc) is 2.23. The Kier molecular flexibility index (Phi) is 3.68. The lowest BCUT2D eigenvalue weighted by Gasteiger charge is -2.41. The van der Waals surface area contributed by atoms with Crippen molar-refractivity contribution in [1.82, 2.24) is 0 Å². The second-order valence-electron chi connectivity index (χ2n) is 7.02. The lowest BCUT2D eigenvalue weighted by Crippen LogP contribution is -3.05. The number of hydrogen-bond acceptors (Lipinski definition) is 2. The fraction of sp³-hybridized carbons (Fsp3) is 0.562. The first-order chi connectivity index (χ1) is 8.77. The van der Waals surface area contributed by atoms with Crippen LogP contribution in [0.15, 0.2) is 29.3 Å². The van der Waals surface area contributed by atoms with Crippen molar-refractivity contribution in [2.75, 3.05) is 0 Å². The molecule has 1 fully saturated rings. The van der Waals surface area contributed by atoms with Crippen molar-refractivity contribution >= 4 is 6.21 Å². The molecule has 0 unspecified atom stereocenters. The van der Waals surface area contributed by atoms with Gasteiger partial charge in [-0.3, -0.25) is 4.99 Å². The van der Waals surface area contributed by atoms with Crippen LogP contribution in [0.4, 0.5) is 0 Å². The van der Waals surface area contributed by atoms with Gasteiger partial charge in [-0.1, -0.05) is 12.1 Å². The van der Waals surface area contributed by atoms with Gasteiger partial charge in [-0.05, 0) is 39.8 Å². The number of nitrogens with zero attached hydrogens (tertiary/aromatic N) is 1. The Morgan fingerprint density at radius 1 is 1.16 bits per heavy atom. The number of phenolic OH excluding ortho intramolecular Hbond substituents is 1. The van der Waals surface area contributed by atoms with Crippen LogP contribution >= 0.6 is 0 Å². The first-order valence-corrected chi connectivity index (χ1v) is 6.96. The molecule has 104 valence electrons. The van der Waals surface area contributed by atoms with Crippen LogP contribution < -0.4 is 5.32 Å². The maximum atomic E-state index is 9.75. The normalized spacial score (nSPS) is 22.7. The van der Waals surface area contributed by atoms with E-state index in [0.717, 1.165) is 18.4 Å². The summed E-state index contributed by atoms with van der Waals surface area (Å²) in [6, 6.07) is 7.67. The summed E-state index contributed by atoms with van der Waals surface area (Å²) in [5.41, 5.74) is 1.25. The van der Waals surface area contributed by atoms with Crippen LogP contribution in [0.5, 0.6) is 5.75 Å². The van der Waals surface area contributed by atoms with Crippen LogP contribution in [0.25, 0.3) is 0 Å². The Morgan fingerprint density at radius 3 is 2.32 bits per heavy atom. The molecule has 1 heterocycles. The number of nitrogens with two attached hydrogens (primary N) is 1. The van der Waals surface area contributed by atoms with E-state index >= 15 is 0 Å². The third-order valence-corrected chi connectivity index (χ3v) is 3.67. The predicted octanol–water partition coefficient (Wildman–Crippen LogP) is 2.09. The Labute approximate surface area is 115 Å². The van der Waals surface area contributed by atoms with Gasteiger partial charge in [0.25, 0.3) is 0 Å². The highest BCUT2D eigenvalue weighted by Crippen LogP contribution is 2.24. The second-order valence-corrected chi connectivity index (χ2v) is 7.02. The SMILES string of the molecule is CC1(C)CC(N=Cc2ccccc2O)CC(C)(C)[NH2+]1. The van der Waals surface area contributed by atoms with E-state index in [1.165, 1.54) is 0 Å². The number of benzene rings is 1. The molecule has 3 nitrogen and oxygen atoms in total. The van der Waals surface area contributed by atoms with Gasteiger partial charge in [-0.15, -0.1) is 0 Å². The summed E-state index contributed by atoms with van der Waals surface area (Å²) in [6.45, 7) is 9.10. The Hall–Kier alpha value is -1.35. The van der Waals surface area contributed by atoms with Gasteiger partial charge in [0.05, 0.1) is 17.1 Å². The van der Waals surface area contributed by atoms with Crippen molar-refractivity contribution in [2.24, 2.45) is 4.99 Å². The van der Waals surface area contributed by atoms with Crippen LogP contribution in [0.2, 0.25) is 0 Å². The number of phenols is 1. The van der Waals surface area contributed by atoms with Gasteiger partial charge in [-0.2, -0.15) is 0 Å².